The number of benzene rings is 1. The molecule has 1 amide bonds. The fourth-order valence-corrected chi connectivity index (χ4v) is 2.09. The number of thioether (sulfide) groups is 1. The Hall–Kier alpha value is -1.56. The van der Waals surface area contributed by atoms with Gasteiger partial charge in [0.1, 0.15) is 5.82 Å². The minimum absolute atomic E-state index is 0.107. The highest BCUT2D eigenvalue weighted by molar-refractivity contribution is 8.00. The van der Waals surface area contributed by atoms with Crippen LogP contribution in [-0.4, -0.2) is 29.3 Å². The van der Waals surface area contributed by atoms with Crippen molar-refractivity contribution in [1.29, 1.82) is 0 Å². The van der Waals surface area contributed by atoms with Crippen LogP contribution in [0.25, 0.3) is 0 Å². The van der Waals surface area contributed by atoms with Crippen LogP contribution in [0.1, 0.15) is 19.3 Å². The SMILES string of the molecule is O=C(O)CCCCNC(=O)CSc1ccc(F)cc1. The normalized spacial score (nSPS) is 10.2. The smallest absolute Gasteiger partial charge is 0.303 e. The minimum Gasteiger partial charge on any atom is -0.481 e. The second-order valence-electron chi connectivity index (χ2n) is 3.94. The molecule has 0 atom stereocenters. The van der Waals surface area contributed by atoms with Crippen LogP contribution in [0.5, 0.6) is 0 Å². The van der Waals surface area contributed by atoms with Crippen molar-refractivity contribution in [2.75, 3.05) is 12.3 Å². The number of hydrogen-bond donors (Lipinski definition) is 2. The lowest BCUT2D eigenvalue weighted by molar-refractivity contribution is -0.137. The number of hydrogen-bond acceptors (Lipinski definition) is 3. The number of rotatable bonds is 8. The quantitative estimate of drug-likeness (QED) is 0.568. The van der Waals surface area contributed by atoms with E-state index < -0.39 is 5.97 Å². The van der Waals surface area contributed by atoms with E-state index in [-0.39, 0.29) is 23.9 Å². The Kier molecular flexibility index (Phi) is 6.95. The number of amides is 1. The van der Waals surface area contributed by atoms with Crippen molar-refractivity contribution in [2.24, 2.45) is 0 Å². The monoisotopic (exact) mass is 285 g/mol. The third-order valence-corrected chi connectivity index (χ3v) is 3.34. The zero-order valence-electron chi connectivity index (χ0n) is 10.4. The first-order valence-corrected chi connectivity index (χ1v) is 6.93. The van der Waals surface area contributed by atoms with E-state index in [2.05, 4.69) is 5.32 Å². The molecule has 0 spiro atoms. The average Bonchev–Trinajstić information content (AvgIpc) is 2.37. The molecule has 1 aromatic rings. The van der Waals surface area contributed by atoms with E-state index in [1.54, 1.807) is 12.1 Å². The molecule has 104 valence electrons. The Morgan fingerprint density at radius 1 is 1.21 bits per heavy atom. The van der Waals surface area contributed by atoms with Gasteiger partial charge < -0.3 is 10.4 Å². The van der Waals surface area contributed by atoms with Crippen molar-refractivity contribution < 1.29 is 19.1 Å². The molecule has 0 saturated heterocycles. The van der Waals surface area contributed by atoms with Crippen LogP contribution >= 0.6 is 11.8 Å². The van der Waals surface area contributed by atoms with Gasteiger partial charge in [0.2, 0.25) is 5.91 Å². The number of nitrogens with one attached hydrogen (secondary N) is 1. The highest BCUT2D eigenvalue weighted by Gasteiger charge is 2.03. The summed E-state index contributed by atoms with van der Waals surface area (Å²) < 4.78 is 12.7. The summed E-state index contributed by atoms with van der Waals surface area (Å²) in [5.41, 5.74) is 0. The van der Waals surface area contributed by atoms with E-state index in [9.17, 15) is 14.0 Å². The van der Waals surface area contributed by atoms with Gasteiger partial charge in [0, 0.05) is 17.9 Å². The highest BCUT2D eigenvalue weighted by atomic mass is 32.2. The van der Waals surface area contributed by atoms with Crippen molar-refractivity contribution in [1.82, 2.24) is 5.32 Å². The molecule has 0 aromatic heterocycles. The van der Waals surface area contributed by atoms with Gasteiger partial charge in [0.15, 0.2) is 0 Å². The molecule has 0 aliphatic carbocycles. The van der Waals surface area contributed by atoms with Crippen LogP contribution < -0.4 is 5.32 Å². The molecule has 1 aromatic carbocycles. The summed E-state index contributed by atoms with van der Waals surface area (Å²) in [7, 11) is 0. The predicted molar refractivity (Wildman–Crippen MR) is 71.6 cm³/mol. The molecule has 0 unspecified atom stereocenters. The lowest BCUT2D eigenvalue weighted by atomic mass is 10.2. The van der Waals surface area contributed by atoms with Crippen LogP contribution in [0.4, 0.5) is 4.39 Å². The van der Waals surface area contributed by atoms with Crippen molar-refractivity contribution in [2.45, 2.75) is 24.2 Å². The zero-order valence-corrected chi connectivity index (χ0v) is 11.2. The highest BCUT2D eigenvalue weighted by Crippen LogP contribution is 2.17. The van der Waals surface area contributed by atoms with E-state index in [0.29, 0.717) is 19.4 Å². The van der Waals surface area contributed by atoms with Crippen molar-refractivity contribution in [3.05, 3.63) is 30.1 Å². The first-order valence-electron chi connectivity index (χ1n) is 5.95. The van der Waals surface area contributed by atoms with Gasteiger partial charge in [-0.15, -0.1) is 11.8 Å². The molecule has 19 heavy (non-hydrogen) atoms. The molecular weight excluding hydrogens is 269 g/mol. The van der Waals surface area contributed by atoms with E-state index >= 15 is 0 Å². The van der Waals surface area contributed by atoms with E-state index in [1.807, 2.05) is 0 Å². The first-order chi connectivity index (χ1) is 9.08. The predicted octanol–water partition coefficient (Wildman–Crippen LogP) is 2.29. The van der Waals surface area contributed by atoms with Crippen molar-refractivity contribution >= 4 is 23.6 Å². The molecule has 1 rings (SSSR count). The maximum atomic E-state index is 12.7. The maximum Gasteiger partial charge on any atom is 0.303 e. The Labute approximate surface area is 115 Å². The Morgan fingerprint density at radius 3 is 2.53 bits per heavy atom. The number of carboxylic acids is 1. The summed E-state index contributed by atoms with van der Waals surface area (Å²) in [5.74, 6) is -0.958. The van der Waals surface area contributed by atoms with Crippen molar-refractivity contribution in [3.8, 4) is 0 Å². The van der Waals surface area contributed by atoms with Crippen LogP contribution in [0.2, 0.25) is 0 Å². The maximum absolute atomic E-state index is 12.7. The minimum atomic E-state index is -0.821. The molecule has 0 heterocycles. The lowest BCUT2D eigenvalue weighted by Gasteiger charge is -2.04. The fraction of sp³-hybridized carbons (Fsp3) is 0.385. The topological polar surface area (TPSA) is 66.4 Å². The second-order valence-corrected chi connectivity index (χ2v) is 4.99. The Morgan fingerprint density at radius 2 is 1.89 bits per heavy atom. The van der Waals surface area contributed by atoms with Gasteiger partial charge >= 0.3 is 5.97 Å². The summed E-state index contributed by atoms with van der Waals surface area (Å²) in [5, 5.41) is 11.1. The van der Waals surface area contributed by atoms with Gasteiger partial charge in [-0.05, 0) is 37.1 Å². The van der Waals surface area contributed by atoms with Gasteiger partial charge in [-0.1, -0.05) is 0 Å². The van der Waals surface area contributed by atoms with Crippen LogP contribution in [0, 0.1) is 5.82 Å². The number of carboxylic acid groups (broad SMARTS) is 1. The number of aliphatic carboxylic acids is 1. The standard InChI is InChI=1S/C13H16FNO3S/c14-10-4-6-11(7-5-10)19-9-12(16)15-8-2-1-3-13(17)18/h4-7H,1-3,8-9H2,(H,15,16)(H,17,18). The number of carbonyl (C=O) groups excluding carboxylic acids is 1. The summed E-state index contributed by atoms with van der Waals surface area (Å²) in [6.07, 6.45) is 1.33. The first kappa shape index (κ1) is 15.5. The molecule has 0 aliphatic rings. The van der Waals surface area contributed by atoms with Crippen LogP contribution in [0.15, 0.2) is 29.2 Å². The van der Waals surface area contributed by atoms with E-state index in [0.717, 1.165) is 4.90 Å². The summed E-state index contributed by atoms with van der Waals surface area (Å²) in [4.78, 5) is 22.6. The third kappa shape index (κ3) is 7.46. The Bertz CT molecular complexity index is 422. The Balaban J connectivity index is 2.11. The molecule has 4 nitrogen and oxygen atoms in total. The van der Waals surface area contributed by atoms with Crippen LogP contribution in [-0.2, 0) is 9.59 Å². The van der Waals surface area contributed by atoms with Gasteiger partial charge in [0.05, 0.1) is 5.75 Å². The number of carbonyl (C=O) groups is 2. The molecular formula is C13H16FNO3S. The van der Waals surface area contributed by atoms with E-state index in [4.69, 9.17) is 5.11 Å². The third-order valence-electron chi connectivity index (χ3n) is 2.32. The molecule has 6 heteroatoms. The summed E-state index contributed by atoms with van der Waals surface area (Å²) >= 11 is 1.33. The van der Waals surface area contributed by atoms with Gasteiger partial charge in [-0.3, -0.25) is 9.59 Å². The molecule has 0 fully saturated rings. The van der Waals surface area contributed by atoms with Gasteiger partial charge in [0.25, 0.3) is 0 Å². The molecule has 0 radical (unpaired) electrons. The number of halogens is 1. The van der Waals surface area contributed by atoms with Crippen LogP contribution in [0.3, 0.4) is 0 Å². The van der Waals surface area contributed by atoms with Crippen molar-refractivity contribution in [3.63, 3.8) is 0 Å². The average molecular weight is 285 g/mol. The zero-order chi connectivity index (χ0) is 14.1. The fourth-order valence-electron chi connectivity index (χ4n) is 1.36. The van der Waals surface area contributed by atoms with E-state index in [1.165, 1.54) is 23.9 Å². The second kappa shape index (κ2) is 8.53. The molecule has 0 saturated carbocycles. The number of unbranched alkanes of at least 4 members (excludes halogenated alkanes) is 1. The molecule has 0 aliphatic heterocycles. The van der Waals surface area contributed by atoms with Gasteiger partial charge in [-0.25, -0.2) is 4.39 Å². The largest absolute Gasteiger partial charge is 0.481 e. The summed E-state index contributed by atoms with van der Waals surface area (Å²) in [6, 6.07) is 5.96. The molecule has 2 N–H and O–H groups in total. The summed E-state index contributed by atoms with van der Waals surface area (Å²) in [6.45, 7) is 0.482. The lowest BCUT2D eigenvalue weighted by Crippen LogP contribution is -2.26. The van der Waals surface area contributed by atoms with Gasteiger partial charge in [-0.2, -0.15) is 0 Å². The molecule has 0 bridgehead atoms.